The maximum atomic E-state index is 12.2. The minimum Gasteiger partial charge on any atom is -0.348 e. The fraction of sp³-hybridized carbons (Fsp3) is 0.462. The van der Waals surface area contributed by atoms with Crippen molar-refractivity contribution >= 4 is 11.4 Å². The Morgan fingerprint density at radius 1 is 1.42 bits per heavy atom. The van der Waals surface area contributed by atoms with E-state index in [1.54, 1.807) is 24.9 Å². The van der Waals surface area contributed by atoms with Crippen molar-refractivity contribution in [3.05, 3.63) is 30.6 Å². The molecule has 1 aliphatic carbocycles. The van der Waals surface area contributed by atoms with Crippen molar-refractivity contribution < 1.29 is 4.79 Å². The molecule has 1 aliphatic heterocycles. The fourth-order valence-corrected chi connectivity index (χ4v) is 3.20. The molecular weight excluding hydrogens is 242 g/mol. The summed E-state index contributed by atoms with van der Waals surface area (Å²) in [7, 11) is 0. The molecule has 2 N–H and O–H groups in total. The maximum Gasteiger partial charge on any atom is 0.271 e. The molecule has 2 aliphatic rings. The predicted octanol–water partition coefficient (Wildman–Crippen LogP) is 0.209. The van der Waals surface area contributed by atoms with Gasteiger partial charge in [-0.05, 0) is 18.8 Å². The molecule has 2 fully saturated rings. The Morgan fingerprint density at radius 3 is 3.16 bits per heavy atom. The number of piperidine rings is 1. The molecule has 1 saturated carbocycles. The van der Waals surface area contributed by atoms with Crippen LogP contribution in [0.25, 0.3) is 5.52 Å². The first-order chi connectivity index (χ1) is 9.29. The van der Waals surface area contributed by atoms with Gasteiger partial charge in [0.1, 0.15) is 5.69 Å². The van der Waals surface area contributed by atoms with Crippen LogP contribution < -0.4 is 10.6 Å². The van der Waals surface area contributed by atoms with Crippen LogP contribution in [0.3, 0.4) is 0 Å². The number of fused-ring (bicyclic) bond motifs is 3. The van der Waals surface area contributed by atoms with Crippen LogP contribution in [0.2, 0.25) is 0 Å². The lowest BCUT2D eigenvalue weighted by atomic mass is 10.0. The average molecular weight is 257 g/mol. The number of nitrogens with zero attached hydrogens (tertiary/aromatic N) is 3. The molecule has 0 radical (unpaired) electrons. The van der Waals surface area contributed by atoms with E-state index in [4.69, 9.17) is 0 Å². The second kappa shape index (κ2) is 4.03. The van der Waals surface area contributed by atoms with Gasteiger partial charge in [-0.15, -0.1) is 0 Å². The molecule has 1 saturated heterocycles. The Morgan fingerprint density at radius 2 is 2.37 bits per heavy atom. The Kier molecular flexibility index (Phi) is 2.32. The van der Waals surface area contributed by atoms with Gasteiger partial charge in [0, 0.05) is 24.8 Å². The van der Waals surface area contributed by atoms with Crippen LogP contribution in [0.1, 0.15) is 23.3 Å². The highest BCUT2D eigenvalue weighted by Gasteiger charge is 2.40. The summed E-state index contributed by atoms with van der Waals surface area (Å²) in [5.74, 6) is 0.485. The van der Waals surface area contributed by atoms with Gasteiger partial charge in [0.15, 0.2) is 0 Å². The van der Waals surface area contributed by atoms with E-state index in [0.717, 1.165) is 18.5 Å². The molecule has 3 atom stereocenters. The summed E-state index contributed by atoms with van der Waals surface area (Å²) in [6.07, 6.45) is 9.00. The van der Waals surface area contributed by atoms with Crippen LogP contribution in [0.5, 0.6) is 0 Å². The first-order valence-electron chi connectivity index (χ1n) is 6.61. The third kappa shape index (κ3) is 1.79. The van der Waals surface area contributed by atoms with Crippen LogP contribution in [0, 0.1) is 5.92 Å². The third-order valence-electron chi connectivity index (χ3n) is 4.21. The summed E-state index contributed by atoms with van der Waals surface area (Å²) < 4.78 is 1.81. The molecule has 0 aromatic carbocycles. The van der Waals surface area contributed by atoms with Crippen LogP contribution >= 0.6 is 0 Å². The average Bonchev–Trinajstić information content (AvgIpc) is 3.13. The lowest BCUT2D eigenvalue weighted by Gasteiger charge is -2.23. The van der Waals surface area contributed by atoms with Crippen molar-refractivity contribution in [2.45, 2.75) is 24.9 Å². The van der Waals surface area contributed by atoms with E-state index in [2.05, 4.69) is 20.6 Å². The zero-order chi connectivity index (χ0) is 12.8. The van der Waals surface area contributed by atoms with Crippen molar-refractivity contribution in [1.29, 1.82) is 0 Å². The van der Waals surface area contributed by atoms with E-state index in [1.165, 1.54) is 6.42 Å². The number of amides is 1. The summed E-state index contributed by atoms with van der Waals surface area (Å²) in [5.41, 5.74) is 1.34. The number of carbonyl (C=O) groups excluding carboxylic acids is 1. The SMILES string of the molecule is O=C(N[C@H]1C[C@H]2C[C@H]1CN2)c1cn2cncc2cn1. The highest BCUT2D eigenvalue weighted by molar-refractivity contribution is 5.92. The van der Waals surface area contributed by atoms with Crippen molar-refractivity contribution in [1.82, 2.24) is 25.0 Å². The lowest BCUT2D eigenvalue weighted by Crippen LogP contribution is -2.44. The zero-order valence-corrected chi connectivity index (χ0v) is 10.4. The first kappa shape index (κ1) is 10.9. The van der Waals surface area contributed by atoms with Crippen LogP contribution in [-0.4, -0.2) is 38.9 Å². The van der Waals surface area contributed by atoms with Crippen LogP contribution in [0.15, 0.2) is 24.9 Å². The predicted molar refractivity (Wildman–Crippen MR) is 68.8 cm³/mol. The number of imidazole rings is 1. The highest BCUT2D eigenvalue weighted by Crippen LogP contribution is 2.31. The molecule has 19 heavy (non-hydrogen) atoms. The Hall–Kier alpha value is -1.95. The van der Waals surface area contributed by atoms with Crippen molar-refractivity contribution in [3.8, 4) is 0 Å². The molecule has 98 valence electrons. The Bertz CT molecular complexity index is 637. The van der Waals surface area contributed by atoms with E-state index >= 15 is 0 Å². The third-order valence-corrected chi connectivity index (χ3v) is 4.21. The molecule has 3 heterocycles. The minimum absolute atomic E-state index is 0.0897. The van der Waals surface area contributed by atoms with E-state index < -0.39 is 0 Å². The van der Waals surface area contributed by atoms with Gasteiger partial charge in [-0.3, -0.25) is 4.79 Å². The van der Waals surface area contributed by atoms with Crippen molar-refractivity contribution in [3.63, 3.8) is 0 Å². The molecule has 2 bridgehead atoms. The van der Waals surface area contributed by atoms with Gasteiger partial charge >= 0.3 is 0 Å². The fourth-order valence-electron chi connectivity index (χ4n) is 3.20. The first-order valence-corrected chi connectivity index (χ1v) is 6.61. The van der Waals surface area contributed by atoms with E-state index in [-0.39, 0.29) is 5.91 Å². The van der Waals surface area contributed by atoms with Gasteiger partial charge in [0.25, 0.3) is 5.91 Å². The second-order valence-corrected chi connectivity index (χ2v) is 5.41. The summed E-state index contributed by atoms with van der Waals surface area (Å²) in [6, 6.07) is 0.874. The van der Waals surface area contributed by atoms with Gasteiger partial charge < -0.3 is 15.0 Å². The second-order valence-electron chi connectivity index (χ2n) is 5.41. The summed E-state index contributed by atoms with van der Waals surface area (Å²) in [5, 5.41) is 6.55. The molecule has 1 amide bonds. The van der Waals surface area contributed by atoms with Crippen molar-refractivity contribution in [2.24, 2.45) is 5.92 Å². The zero-order valence-electron chi connectivity index (χ0n) is 10.4. The summed E-state index contributed by atoms with van der Waals surface area (Å²) in [6.45, 7) is 1.02. The molecule has 2 aromatic heterocycles. The van der Waals surface area contributed by atoms with Crippen molar-refractivity contribution in [2.75, 3.05) is 6.54 Å². The summed E-state index contributed by atoms with van der Waals surface area (Å²) >= 11 is 0. The van der Waals surface area contributed by atoms with E-state index in [1.807, 2.05) is 4.40 Å². The Labute approximate surface area is 110 Å². The van der Waals surface area contributed by atoms with Gasteiger partial charge in [-0.2, -0.15) is 0 Å². The quantitative estimate of drug-likeness (QED) is 0.807. The Balaban J connectivity index is 1.53. The van der Waals surface area contributed by atoms with Gasteiger partial charge in [0.05, 0.1) is 24.2 Å². The number of hydrogen-bond acceptors (Lipinski definition) is 4. The molecule has 2 aromatic rings. The monoisotopic (exact) mass is 257 g/mol. The number of hydrogen-bond donors (Lipinski definition) is 2. The topological polar surface area (TPSA) is 71.3 Å². The highest BCUT2D eigenvalue weighted by atomic mass is 16.2. The molecular formula is C13H15N5O. The molecule has 0 unspecified atom stereocenters. The van der Waals surface area contributed by atoms with Gasteiger partial charge in [-0.1, -0.05) is 0 Å². The lowest BCUT2D eigenvalue weighted by molar-refractivity contribution is 0.0919. The normalized spacial score (nSPS) is 28.9. The maximum absolute atomic E-state index is 12.2. The van der Waals surface area contributed by atoms with E-state index in [0.29, 0.717) is 23.7 Å². The molecule has 6 nitrogen and oxygen atoms in total. The summed E-state index contributed by atoms with van der Waals surface area (Å²) in [4.78, 5) is 20.4. The number of rotatable bonds is 2. The van der Waals surface area contributed by atoms with Crippen LogP contribution in [-0.2, 0) is 0 Å². The molecule has 0 spiro atoms. The molecule has 4 rings (SSSR count). The number of carbonyl (C=O) groups is 1. The number of aromatic nitrogens is 3. The van der Waals surface area contributed by atoms with E-state index in [9.17, 15) is 4.79 Å². The largest absolute Gasteiger partial charge is 0.348 e. The van der Waals surface area contributed by atoms with Crippen LogP contribution in [0.4, 0.5) is 0 Å². The van der Waals surface area contributed by atoms with Gasteiger partial charge in [-0.25, -0.2) is 9.97 Å². The smallest absolute Gasteiger partial charge is 0.271 e. The number of nitrogens with one attached hydrogen (secondary N) is 2. The standard InChI is InChI=1S/C13H15N5O/c19-13(17-11-2-9-1-8(11)3-15-9)12-6-18-7-14-4-10(18)5-16-12/h4-9,11,15H,1-3H2,(H,17,19)/t8-,9+,11-/m0/s1. The molecule has 6 heteroatoms. The van der Waals surface area contributed by atoms with Gasteiger partial charge in [0.2, 0.25) is 0 Å². The minimum atomic E-state index is -0.0897.